The lowest BCUT2D eigenvalue weighted by molar-refractivity contribution is -0.110. The number of carbonyl (C=O) groups excluding carboxylic acids is 1. The quantitative estimate of drug-likeness (QED) is 0.566. The van der Waals surface area contributed by atoms with E-state index in [9.17, 15) is 4.79 Å². The van der Waals surface area contributed by atoms with Crippen LogP contribution in [0.2, 0.25) is 0 Å². The molecule has 0 spiro atoms. The fourth-order valence-electron chi connectivity index (χ4n) is 1.41. The van der Waals surface area contributed by atoms with Crippen LogP contribution in [-0.4, -0.2) is 50.1 Å². The van der Waals surface area contributed by atoms with Gasteiger partial charge in [-0.25, -0.2) is 0 Å². The molecule has 4 heteroatoms. The Bertz CT molecular complexity index is 139. The summed E-state index contributed by atoms with van der Waals surface area (Å²) in [6.45, 7) is 3.60. The highest BCUT2D eigenvalue weighted by atomic mass is 16.5. The van der Waals surface area contributed by atoms with Crippen molar-refractivity contribution in [1.82, 2.24) is 4.90 Å². The van der Waals surface area contributed by atoms with Crippen LogP contribution in [0.15, 0.2) is 0 Å². The van der Waals surface area contributed by atoms with Gasteiger partial charge in [-0.15, -0.1) is 0 Å². The fraction of sp³-hybridized carbons (Fsp3) is 0.875. The van der Waals surface area contributed by atoms with E-state index in [1.54, 1.807) is 0 Å². The van der Waals surface area contributed by atoms with Crippen LogP contribution >= 0.6 is 0 Å². The summed E-state index contributed by atoms with van der Waals surface area (Å²) in [5, 5.41) is 0. The van der Waals surface area contributed by atoms with Crippen LogP contribution in [0.1, 0.15) is 6.42 Å². The van der Waals surface area contributed by atoms with E-state index in [0.29, 0.717) is 13.1 Å². The van der Waals surface area contributed by atoms with Crippen molar-refractivity contribution in [3.63, 3.8) is 0 Å². The van der Waals surface area contributed by atoms with Crippen molar-refractivity contribution in [2.24, 2.45) is 5.73 Å². The summed E-state index contributed by atoms with van der Waals surface area (Å²) in [6, 6.07) is 0. The van der Waals surface area contributed by atoms with E-state index < -0.39 is 0 Å². The molecule has 1 atom stereocenters. The number of hydrogen-bond donors (Lipinski definition) is 1. The minimum absolute atomic E-state index is 0.226. The lowest BCUT2D eigenvalue weighted by Crippen LogP contribution is -2.43. The van der Waals surface area contributed by atoms with Crippen LogP contribution in [0.4, 0.5) is 0 Å². The van der Waals surface area contributed by atoms with Gasteiger partial charge in [-0.05, 0) is 13.0 Å². The topological polar surface area (TPSA) is 55.6 Å². The maximum absolute atomic E-state index is 10.2. The van der Waals surface area contributed by atoms with Crippen molar-refractivity contribution in [2.45, 2.75) is 12.5 Å². The van der Waals surface area contributed by atoms with Gasteiger partial charge in [-0.2, -0.15) is 0 Å². The van der Waals surface area contributed by atoms with Gasteiger partial charge in [0.15, 0.2) is 0 Å². The number of morpholine rings is 1. The van der Waals surface area contributed by atoms with Gasteiger partial charge in [0.1, 0.15) is 6.29 Å². The van der Waals surface area contributed by atoms with E-state index in [2.05, 4.69) is 4.90 Å². The van der Waals surface area contributed by atoms with Crippen molar-refractivity contribution in [3.8, 4) is 0 Å². The molecule has 0 aromatic rings. The van der Waals surface area contributed by atoms with Gasteiger partial charge in [0.2, 0.25) is 0 Å². The van der Waals surface area contributed by atoms with Gasteiger partial charge in [0.05, 0.1) is 19.3 Å². The van der Waals surface area contributed by atoms with Crippen LogP contribution in [0.25, 0.3) is 0 Å². The highest BCUT2D eigenvalue weighted by Gasteiger charge is 2.18. The monoisotopic (exact) mass is 172 g/mol. The summed E-state index contributed by atoms with van der Waals surface area (Å²) < 4.78 is 5.46. The molecule has 1 heterocycles. The molecule has 0 bridgehead atoms. The smallest absolute Gasteiger partial charge is 0.133 e. The van der Waals surface area contributed by atoms with E-state index in [4.69, 9.17) is 10.5 Å². The molecule has 2 N–H and O–H groups in total. The van der Waals surface area contributed by atoms with Crippen LogP contribution in [0.3, 0.4) is 0 Å². The van der Waals surface area contributed by atoms with Crippen LogP contribution in [-0.2, 0) is 9.53 Å². The zero-order valence-corrected chi connectivity index (χ0v) is 7.24. The Morgan fingerprint density at radius 1 is 1.67 bits per heavy atom. The van der Waals surface area contributed by atoms with Crippen molar-refractivity contribution < 1.29 is 9.53 Å². The lowest BCUT2D eigenvalue weighted by Gasteiger charge is -2.31. The van der Waals surface area contributed by atoms with Crippen molar-refractivity contribution >= 4 is 6.29 Å². The molecule has 0 aliphatic carbocycles. The predicted octanol–water partition coefficient (Wildman–Crippen LogP) is -0.765. The molecule has 1 aliphatic heterocycles. The largest absolute Gasteiger partial charge is 0.376 e. The Balaban J connectivity index is 2.24. The molecule has 1 saturated heterocycles. The van der Waals surface area contributed by atoms with E-state index in [0.717, 1.165) is 32.4 Å². The number of rotatable bonds is 4. The molecule has 1 fully saturated rings. The maximum atomic E-state index is 10.2. The third kappa shape index (κ3) is 2.89. The van der Waals surface area contributed by atoms with Crippen LogP contribution < -0.4 is 5.73 Å². The summed E-state index contributed by atoms with van der Waals surface area (Å²) in [5.74, 6) is 0. The highest BCUT2D eigenvalue weighted by molar-refractivity contribution is 5.51. The summed E-state index contributed by atoms with van der Waals surface area (Å²) in [5.41, 5.74) is 5.41. The first-order chi connectivity index (χ1) is 5.86. The molecule has 1 aliphatic rings. The second-order valence-electron chi connectivity index (χ2n) is 3.00. The number of nitrogens with zero attached hydrogens (tertiary/aromatic N) is 1. The first-order valence-electron chi connectivity index (χ1n) is 4.34. The number of nitrogens with two attached hydrogens (primary N) is 1. The molecule has 0 radical (unpaired) electrons. The molecule has 0 amide bonds. The summed E-state index contributed by atoms with van der Waals surface area (Å²) >= 11 is 0. The summed E-state index contributed by atoms with van der Waals surface area (Å²) in [4.78, 5) is 12.3. The second kappa shape index (κ2) is 5.24. The first kappa shape index (κ1) is 9.64. The van der Waals surface area contributed by atoms with Gasteiger partial charge in [0.25, 0.3) is 0 Å². The number of carbonyl (C=O) groups is 1. The van der Waals surface area contributed by atoms with Crippen molar-refractivity contribution in [3.05, 3.63) is 0 Å². The Morgan fingerprint density at radius 2 is 2.50 bits per heavy atom. The Morgan fingerprint density at radius 3 is 3.17 bits per heavy atom. The number of ether oxygens (including phenoxy) is 1. The molecule has 0 saturated carbocycles. The first-order valence-corrected chi connectivity index (χ1v) is 4.34. The fourth-order valence-corrected chi connectivity index (χ4v) is 1.41. The molecule has 12 heavy (non-hydrogen) atoms. The molecule has 70 valence electrons. The average Bonchev–Trinajstić information content (AvgIpc) is 2.06. The number of aldehydes is 1. The van der Waals surface area contributed by atoms with E-state index in [-0.39, 0.29) is 6.10 Å². The molecule has 0 aromatic heterocycles. The van der Waals surface area contributed by atoms with E-state index in [1.807, 2.05) is 0 Å². The lowest BCUT2D eigenvalue weighted by atomic mass is 10.2. The Kier molecular flexibility index (Phi) is 4.21. The molecule has 4 nitrogen and oxygen atoms in total. The van der Waals surface area contributed by atoms with Gasteiger partial charge < -0.3 is 15.3 Å². The molecular formula is C8H16N2O2. The van der Waals surface area contributed by atoms with Crippen LogP contribution in [0, 0.1) is 0 Å². The normalized spacial score (nSPS) is 25.6. The van der Waals surface area contributed by atoms with Gasteiger partial charge >= 0.3 is 0 Å². The third-order valence-corrected chi connectivity index (χ3v) is 2.04. The van der Waals surface area contributed by atoms with Gasteiger partial charge in [0, 0.05) is 13.1 Å². The van der Waals surface area contributed by atoms with Crippen molar-refractivity contribution in [2.75, 3.05) is 32.8 Å². The standard InChI is InChI=1S/C8H16N2O2/c9-2-1-8-7-10(3-5-11)4-6-12-8/h5,8H,1-4,6-7,9H2. The zero-order valence-electron chi connectivity index (χ0n) is 7.24. The molecule has 1 rings (SSSR count). The Labute approximate surface area is 72.7 Å². The molecular weight excluding hydrogens is 156 g/mol. The summed E-state index contributed by atoms with van der Waals surface area (Å²) in [6.07, 6.45) is 2.05. The predicted molar refractivity (Wildman–Crippen MR) is 45.9 cm³/mol. The second-order valence-corrected chi connectivity index (χ2v) is 3.00. The maximum Gasteiger partial charge on any atom is 0.133 e. The molecule has 1 unspecified atom stereocenters. The summed E-state index contributed by atoms with van der Waals surface area (Å²) in [7, 11) is 0. The minimum atomic E-state index is 0.226. The van der Waals surface area contributed by atoms with Gasteiger partial charge in [-0.3, -0.25) is 4.90 Å². The van der Waals surface area contributed by atoms with Crippen LogP contribution in [0.5, 0.6) is 0 Å². The van der Waals surface area contributed by atoms with Gasteiger partial charge in [-0.1, -0.05) is 0 Å². The zero-order chi connectivity index (χ0) is 8.81. The minimum Gasteiger partial charge on any atom is -0.376 e. The average molecular weight is 172 g/mol. The van der Waals surface area contributed by atoms with Crippen molar-refractivity contribution in [1.29, 1.82) is 0 Å². The molecule has 0 aromatic carbocycles. The number of hydrogen-bond acceptors (Lipinski definition) is 4. The Hall–Kier alpha value is -0.450. The van der Waals surface area contributed by atoms with E-state index in [1.165, 1.54) is 0 Å². The SMILES string of the molecule is NCCC1CN(CC=O)CCO1. The highest BCUT2D eigenvalue weighted by Crippen LogP contribution is 2.06. The van der Waals surface area contributed by atoms with E-state index >= 15 is 0 Å². The third-order valence-electron chi connectivity index (χ3n) is 2.04.